The van der Waals surface area contributed by atoms with Gasteiger partial charge in [0, 0.05) is 67.5 Å². The third-order valence-electron chi connectivity index (χ3n) is 5.30. The Morgan fingerprint density at radius 1 is 0.800 bits per heavy atom. The first kappa shape index (κ1) is 18.2. The number of amides is 1. The van der Waals surface area contributed by atoms with Gasteiger partial charge in [-0.15, -0.1) is 0 Å². The highest BCUT2D eigenvalue weighted by molar-refractivity contribution is 5.94. The van der Waals surface area contributed by atoms with E-state index in [2.05, 4.69) is 14.9 Å². The lowest BCUT2D eigenvalue weighted by atomic mass is 10.1. The van der Waals surface area contributed by atoms with Crippen LogP contribution in [0.2, 0.25) is 0 Å². The van der Waals surface area contributed by atoms with Crippen molar-refractivity contribution in [2.24, 2.45) is 0 Å². The van der Waals surface area contributed by atoms with Crippen molar-refractivity contribution in [3.63, 3.8) is 0 Å². The summed E-state index contributed by atoms with van der Waals surface area (Å²) in [6, 6.07) is 15.4. The number of aromatic nitrogens is 4. The maximum atomic E-state index is 12.7. The number of benzene rings is 1. The Kier molecular flexibility index (Phi) is 4.77. The number of hydrogen-bond acceptors (Lipinski definition) is 6. The number of nitrogens with zero attached hydrogens (tertiary/aromatic N) is 6. The second kappa shape index (κ2) is 7.87. The smallest absolute Gasteiger partial charge is 0.254 e. The molecule has 148 valence electrons. The summed E-state index contributed by atoms with van der Waals surface area (Å²) in [6.07, 6.45) is 6.82. The van der Waals surface area contributed by atoms with Crippen LogP contribution in [0.4, 0.5) is 5.82 Å². The number of rotatable bonds is 3. The van der Waals surface area contributed by atoms with Crippen molar-refractivity contribution in [1.82, 2.24) is 24.8 Å². The fourth-order valence-electron chi connectivity index (χ4n) is 3.72. The summed E-state index contributed by atoms with van der Waals surface area (Å²) in [5, 5.41) is 1.01. The van der Waals surface area contributed by atoms with Crippen molar-refractivity contribution in [2.75, 3.05) is 31.1 Å². The first-order valence-electron chi connectivity index (χ1n) is 9.91. The summed E-state index contributed by atoms with van der Waals surface area (Å²) in [4.78, 5) is 34.7. The lowest BCUT2D eigenvalue weighted by molar-refractivity contribution is 0.0746. The summed E-state index contributed by atoms with van der Waals surface area (Å²) < 4.78 is 0. The molecule has 0 unspecified atom stereocenters. The van der Waals surface area contributed by atoms with E-state index in [9.17, 15) is 4.79 Å². The predicted molar refractivity (Wildman–Crippen MR) is 115 cm³/mol. The van der Waals surface area contributed by atoms with Crippen LogP contribution in [0.1, 0.15) is 10.4 Å². The number of anilines is 1. The molecule has 1 fully saturated rings. The van der Waals surface area contributed by atoms with Gasteiger partial charge in [0.05, 0.1) is 5.52 Å². The Hall–Kier alpha value is -3.87. The number of piperazine rings is 1. The van der Waals surface area contributed by atoms with E-state index in [1.807, 2.05) is 41.3 Å². The standard InChI is InChI=1S/C23H20N6O/c30-23(17-7-10-24-11-8-17)29-14-12-28(13-15-29)22-19-5-1-2-6-20(19)26-21(27-22)18-4-3-9-25-16-18/h1-11,16H,12-15H2. The first-order chi connectivity index (χ1) is 14.8. The number of hydrogen-bond donors (Lipinski definition) is 0. The highest BCUT2D eigenvalue weighted by Gasteiger charge is 2.24. The summed E-state index contributed by atoms with van der Waals surface area (Å²) in [6.45, 7) is 2.71. The largest absolute Gasteiger partial charge is 0.352 e. The zero-order valence-electron chi connectivity index (χ0n) is 16.3. The molecule has 0 N–H and O–H groups in total. The van der Waals surface area contributed by atoms with Gasteiger partial charge in [-0.2, -0.15) is 0 Å². The maximum Gasteiger partial charge on any atom is 0.254 e. The normalized spacial score (nSPS) is 14.1. The average Bonchev–Trinajstić information content (AvgIpc) is 2.84. The molecule has 1 aliphatic heterocycles. The summed E-state index contributed by atoms with van der Waals surface area (Å²) >= 11 is 0. The number of fused-ring (bicyclic) bond motifs is 1. The molecule has 5 rings (SSSR count). The Morgan fingerprint density at radius 2 is 1.60 bits per heavy atom. The zero-order valence-corrected chi connectivity index (χ0v) is 16.3. The molecule has 1 amide bonds. The van der Waals surface area contributed by atoms with Crippen LogP contribution in [0.3, 0.4) is 0 Å². The van der Waals surface area contributed by atoms with Gasteiger partial charge in [0.15, 0.2) is 5.82 Å². The van der Waals surface area contributed by atoms with Crippen molar-refractivity contribution in [3.05, 3.63) is 78.9 Å². The van der Waals surface area contributed by atoms with E-state index in [0.717, 1.165) is 22.3 Å². The van der Waals surface area contributed by atoms with Crippen molar-refractivity contribution < 1.29 is 4.79 Å². The Morgan fingerprint density at radius 3 is 2.37 bits per heavy atom. The molecule has 30 heavy (non-hydrogen) atoms. The molecule has 4 heterocycles. The van der Waals surface area contributed by atoms with Crippen molar-refractivity contribution in [2.45, 2.75) is 0 Å². The molecule has 0 bridgehead atoms. The Bertz CT molecular complexity index is 1170. The summed E-state index contributed by atoms with van der Waals surface area (Å²) in [7, 11) is 0. The van der Waals surface area contributed by atoms with Gasteiger partial charge in [0.1, 0.15) is 5.82 Å². The monoisotopic (exact) mass is 396 g/mol. The van der Waals surface area contributed by atoms with Crippen molar-refractivity contribution >= 4 is 22.6 Å². The van der Waals surface area contributed by atoms with E-state index in [1.54, 1.807) is 36.9 Å². The van der Waals surface area contributed by atoms with Gasteiger partial charge in [0.2, 0.25) is 0 Å². The molecule has 7 nitrogen and oxygen atoms in total. The van der Waals surface area contributed by atoms with Crippen LogP contribution in [0.25, 0.3) is 22.3 Å². The SMILES string of the molecule is O=C(c1ccncc1)N1CCN(c2nc(-c3cccnc3)nc3ccccc23)CC1. The van der Waals surface area contributed by atoms with E-state index in [4.69, 9.17) is 9.97 Å². The second-order valence-electron chi connectivity index (χ2n) is 7.14. The molecule has 1 saturated heterocycles. The zero-order chi connectivity index (χ0) is 20.3. The topological polar surface area (TPSA) is 75.1 Å². The molecule has 1 aromatic carbocycles. The van der Waals surface area contributed by atoms with Gasteiger partial charge in [-0.3, -0.25) is 14.8 Å². The number of carbonyl (C=O) groups excluding carboxylic acids is 1. The third kappa shape index (κ3) is 3.45. The maximum absolute atomic E-state index is 12.7. The molecule has 0 aliphatic carbocycles. The fraction of sp³-hybridized carbons (Fsp3) is 0.174. The van der Waals surface area contributed by atoms with Crippen LogP contribution in [-0.4, -0.2) is 56.9 Å². The summed E-state index contributed by atoms with van der Waals surface area (Å²) in [5.74, 6) is 1.60. The molecular weight excluding hydrogens is 376 g/mol. The number of carbonyl (C=O) groups is 1. The third-order valence-corrected chi connectivity index (χ3v) is 5.30. The fourth-order valence-corrected chi connectivity index (χ4v) is 3.72. The van der Waals surface area contributed by atoms with Gasteiger partial charge in [-0.25, -0.2) is 9.97 Å². The molecule has 0 spiro atoms. The van der Waals surface area contributed by atoms with Gasteiger partial charge < -0.3 is 9.80 Å². The summed E-state index contributed by atoms with van der Waals surface area (Å²) in [5.41, 5.74) is 2.46. The lowest BCUT2D eigenvalue weighted by Gasteiger charge is -2.36. The number of pyridine rings is 2. The van der Waals surface area contributed by atoms with Gasteiger partial charge in [0.25, 0.3) is 5.91 Å². The van der Waals surface area contributed by atoms with Gasteiger partial charge in [-0.05, 0) is 36.4 Å². The lowest BCUT2D eigenvalue weighted by Crippen LogP contribution is -2.49. The quantitative estimate of drug-likeness (QED) is 0.530. The van der Waals surface area contributed by atoms with Crippen LogP contribution in [-0.2, 0) is 0 Å². The molecule has 0 radical (unpaired) electrons. The minimum Gasteiger partial charge on any atom is -0.352 e. The average molecular weight is 396 g/mol. The first-order valence-corrected chi connectivity index (χ1v) is 9.91. The van der Waals surface area contributed by atoms with E-state index in [1.165, 1.54) is 0 Å². The predicted octanol–water partition coefficient (Wildman–Crippen LogP) is 3.05. The van der Waals surface area contributed by atoms with Crippen LogP contribution in [0.15, 0.2) is 73.3 Å². The molecule has 1 aliphatic rings. The van der Waals surface area contributed by atoms with Gasteiger partial charge >= 0.3 is 0 Å². The minimum atomic E-state index is 0.0423. The Balaban J connectivity index is 1.43. The van der Waals surface area contributed by atoms with E-state index in [0.29, 0.717) is 37.6 Å². The highest BCUT2D eigenvalue weighted by atomic mass is 16.2. The Labute approximate surface area is 174 Å². The molecule has 0 saturated carbocycles. The van der Waals surface area contributed by atoms with Crippen LogP contribution in [0, 0.1) is 0 Å². The van der Waals surface area contributed by atoms with Crippen molar-refractivity contribution in [1.29, 1.82) is 0 Å². The van der Waals surface area contributed by atoms with E-state index in [-0.39, 0.29) is 5.91 Å². The molecule has 7 heteroatoms. The second-order valence-corrected chi connectivity index (χ2v) is 7.14. The van der Waals surface area contributed by atoms with Crippen LogP contribution < -0.4 is 4.90 Å². The molecular formula is C23H20N6O. The molecule has 0 atom stereocenters. The van der Waals surface area contributed by atoms with Crippen LogP contribution in [0.5, 0.6) is 0 Å². The van der Waals surface area contributed by atoms with Gasteiger partial charge in [-0.1, -0.05) is 12.1 Å². The molecule has 3 aromatic heterocycles. The highest BCUT2D eigenvalue weighted by Crippen LogP contribution is 2.28. The minimum absolute atomic E-state index is 0.0423. The van der Waals surface area contributed by atoms with Crippen LogP contribution >= 0.6 is 0 Å². The number of para-hydroxylation sites is 1. The van der Waals surface area contributed by atoms with E-state index >= 15 is 0 Å². The molecule has 4 aromatic rings. The van der Waals surface area contributed by atoms with E-state index < -0.39 is 0 Å². The van der Waals surface area contributed by atoms with Crippen molar-refractivity contribution in [3.8, 4) is 11.4 Å².